The molecule has 1 fully saturated rings. The van der Waals surface area contributed by atoms with Crippen molar-refractivity contribution >= 4 is 17.5 Å². The van der Waals surface area contributed by atoms with E-state index in [1.807, 2.05) is 0 Å². The molecule has 0 aliphatic carbocycles. The van der Waals surface area contributed by atoms with Crippen LogP contribution in [-0.4, -0.2) is 24.4 Å². The first-order valence-electron chi connectivity index (χ1n) is 6.50. The van der Waals surface area contributed by atoms with Gasteiger partial charge in [-0.3, -0.25) is 9.59 Å². The minimum atomic E-state index is -0.472. The second kappa shape index (κ2) is 5.84. The Kier molecular flexibility index (Phi) is 4.16. The Morgan fingerprint density at radius 2 is 2.00 bits per heavy atom. The summed E-state index contributed by atoms with van der Waals surface area (Å²) in [4.78, 5) is 23.0. The molecule has 0 aromatic heterocycles. The van der Waals surface area contributed by atoms with Gasteiger partial charge in [0.15, 0.2) is 0 Å². The van der Waals surface area contributed by atoms with E-state index in [0.29, 0.717) is 17.2 Å². The van der Waals surface area contributed by atoms with E-state index in [1.165, 1.54) is 0 Å². The molecule has 5 nitrogen and oxygen atoms in total. The molecule has 1 saturated heterocycles. The Morgan fingerprint density at radius 1 is 1.32 bits per heavy atom. The van der Waals surface area contributed by atoms with E-state index in [1.54, 1.807) is 24.3 Å². The molecular formula is C14H19N3O2. The number of nitrogens with two attached hydrogens (primary N) is 1. The third-order valence-electron chi connectivity index (χ3n) is 3.42. The van der Waals surface area contributed by atoms with Crippen LogP contribution in [0.5, 0.6) is 0 Å². The first kappa shape index (κ1) is 13.5. The number of nitrogens with one attached hydrogen (secondary N) is 2. The van der Waals surface area contributed by atoms with Crippen LogP contribution >= 0.6 is 0 Å². The molecule has 2 rings (SSSR count). The highest BCUT2D eigenvalue weighted by Gasteiger charge is 2.24. The van der Waals surface area contributed by atoms with Crippen molar-refractivity contribution in [3.05, 3.63) is 29.8 Å². The lowest BCUT2D eigenvalue weighted by atomic mass is 9.94. The topological polar surface area (TPSA) is 84.2 Å². The molecule has 1 aliphatic heterocycles. The van der Waals surface area contributed by atoms with Crippen LogP contribution in [-0.2, 0) is 4.79 Å². The average molecular weight is 261 g/mol. The zero-order valence-electron chi connectivity index (χ0n) is 11.0. The van der Waals surface area contributed by atoms with E-state index in [2.05, 4.69) is 17.6 Å². The summed E-state index contributed by atoms with van der Waals surface area (Å²) in [5.74, 6) is 0.0632. The number of primary amides is 1. The van der Waals surface area contributed by atoms with Gasteiger partial charge in [-0.05, 0) is 49.6 Å². The van der Waals surface area contributed by atoms with Crippen LogP contribution in [0.4, 0.5) is 5.69 Å². The van der Waals surface area contributed by atoms with E-state index in [0.717, 1.165) is 19.4 Å². The SMILES string of the molecule is CC1CCNC(C(=O)Nc2ccc(C(N)=O)cc2)C1. The first-order valence-corrected chi connectivity index (χ1v) is 6.50. The fourth-order valence-electron chi connectivity index (χ4n) is 2.25. The van der Waals surface area contributed by atoms with Crippen LogP contribution in [0.1, 0.15) is 30.1 Å². The highest BCUT2D eigenvalue weighted by Crippen LogP contribution is 2.17. The summed E-state index contributed by atoms with van der Waals surface area (Å²) in [5.41, 5.74) is 6.27. The van der Waals surface area contributed by atoms with Crippen molar-refractivity contribution in [1.29, 1.82) is 0 Å². The standard InChI is InChI=1S/C14H19N3O2/c1-9-6-7-16-12(8-9)14(19)17-11-4-2-10(3-5-11)13(15)18/h2-5,9,12,16H,6-8H2,1H3,(H2,15,18)(H,17,19). The van der Waals surface area contributed by atoms with Gasteiger partial charge in [0.25, 0.3) is 0 Å². The zero-order valence-corrected chi connectivity index (χ0v) is 11.0. The van der Waals surface area contributed by atoms with Gasteiger partial charge in [0, 0.05) is 11.3 Å². The van der Waals surface area contributed by atoms with Crippen molar-refractivity contribution in [2.45, 2.75) is 25.8 Å². The molecule has 4 N–H and O–H groups in total. The molecule has 2 amide bonds. The molecule has 0 spiro atoms. The van der Waals surface area contributed by atoms with Gasteiger partial charge < -0.3 is 16.4 Å². The quantitative estimate of drug-likeness (QED) is 0.762. The Morgan fingerprint density at radius 3 is 2.58 bits per heavy atom. The largest absolute Gasteiger partial charge is 0.366 e. The lowest BCUT2D eigenvalue weighted by molar-refractivity contribution is -0.119. The Balaban J connectivity index is 1.96. The van der Waals surface area contributed by atoms with Gasteiger partial charge in [-0.25, -0.2) is 0 Å². The number of amides is 2. The number of anilines is 1. The van der Waals surface area contributed by atoms with Gasteiger partial charge >= 0.3 is 0 Å². The van der Waals surface area contributed by atoms with Crippen molar-refractivity contribution in [3.8, 4) is 0 Å². The molecule has 2 unspecified atom stereocenters. The van der Waals surface area contributed by atoms with Crippen molar-refractivity contribution in [2.24, 2.45) is 11.7 Å². The molecule has 1 heterocycles. The maximum atomic E-state index is 12.1. The van der Waals surface area contributed by atoms with Gasteiger partial charge in [-0.15, -0.1) is 0 Å². The van der Waals surface area contributed by atoms with Crippen LogP contribution < -0.4 is 16.4 Å². The molecule has 0 radical (unpaired) electrons. The minimum Gasteiger partial charge on any atom is -0.366 e. The first-order chi connectivity index (χ1) is 9.06. The number of rotatable bonds is 3. The van der Waals surface area contributed by atoms with Gasteiger partial charge in [-0.2, -0.15) is 0 Å². The second-order valence-corrected chi connectivity index (χ2v) is 5.07. The van der Waals surface area contributed by atoms with E-state index in [-0.39, 0.29) is 11.9 Å². The number of hydrogen-bond donors (Lipinski definition) is 3. The number of carbonyl (C=O) groups excluding carboxylic acids is 2. The van der Waals surface area contributed by atoms with Crippen molar-refractivity contribution in [2.75, 3.05) is 11.9 Å². The van der Waals surface area contributed by atoms with Crippen molar-refractivity contribution in [1.82, 2.24) is 5.32 Å². The third kappa shape index (κ3) is 3.54. The highest BCUT2D eigenvalue weighted by atomic mass is 16.2. The fraction of sp³-hybridized carbons (Fsp3) is 0.429. The fourth-order valence-corrected chi connectivity index (χ4v) is 2.25. The number of piperidine rings is 1. The van der Waals surface area contributed by atoms with Gasteiger partial charge in [0.1, 0.15) is 0 Å². The third-order valence-corrected chi connectivity index (χ3v) is 3.42. The summed E-state index contributed by atoms with van der Waals surface area (Å²) >= 11 is 0. The molecule has 1 aromatic rings. The summed E-state index contributed by atoms with van der Waals surface area (Å²) in [6.07, 6.45) is 1.96. The molecule has 0 saturated carbocycles. The number of carbonyl (C=O) groups is 2. The Hall–Kier alpha value is -1.88. The van der Waals surface area contributed by atoms with Gasteiger partial charge in [0.2, 0.25) is 11.8 Å². The van der Waals surface area contributed by atoms with Crippen LogP contribution in [0, 0.1) is 5.92 Å². The molecule has 2 atom stereocenters. The molecule has 5 heteroatoms. The molecule has 1 aliphatic rings. The summed E-state index contributed by atoms with van der Waals surface area (Å²) in [5, 5.41) is 6.06. The van der Waals surface area contributed by atoms with Crippen LogP contribution in [0.2, 0.25) is 0 Å². The van der Waals surface area contributed by atoms with Crippen LogP contribution in [0.3, 0.4) is 0 Å². The zero-order chi connectivity index (χ0) is 13.8. The number of hydrogen-bond acceptors (Lipinski definition) is 3. The molecule has 102 valence electrons. The lowest BCUT2D eigenvalue weighted by Crippen LogP contribution is -2.45. The summed E-state index contributed by atoms with van der Waals surface area (Å²) in [7, 11) is 0. The molecule has 1 aromatic carbocycles. The Labute approximate surface area is 112 Å². The van der Waals surface area contributed by atoms with Gasteiger partial charge in [-0.1, -0.05) is 6.92 Å². The minimum absolute atomic E-state index is 0.0293. The Bertz CT molecular complexity index is 470. The van der Waals surface area contributed by atoms with Gasteiger partial charge in [0.05, 0.1) is 6.04 Å². The van der Waals surface area contributed by atoms with Crippen LogP contribution in [0.15, 0.2) is 24.3 Å². The normalized spacial score (nSPS) is 22.8. The maximum Gasteiger partial charge on any atom is 0.248 e. The monoisotopic (exact) mass is 261 g/mol. The second-order valence-electron chi connectivity index (χ2n) is 5.07. The predicted octanol–water partition coefficient (Wildman–Crippen LogP) is 1.11. The van der Waals surface area contributed by atoms with E-state index in [4.69, 9.17) is 5.73 Å². The highest BCUT2D eigenvalue weighted by molar-refractivity contribution is 5.96. The van der Waals surface area contributed by atoms with Crippen molar-refractivity contribution in [3.63, 3.8) is 0 Å². The smallest absolute Gasteiger partial charge is 0.248 e. The summed E-state index contributed by atoms with van der Waals surface area (Å²) in [6, 6.07) is 6.44. The van der Waals surface area contributed by atoms with E-state index >= 15 is 0 Å². The molecular weight excluding hydrogens is 242 g/mol. The van der Waals surface area contributed by atoms with Crippen molar-refractivity contribution < 1.29 is 9.59 Å². The average Bonchev–Trinajstić information content (AvgIpc) is 2.39. The molecule has 0 bridgehead atoms. The van der Waals surface area contributed by atoms with Crippen LogP contribution in [0.25, 0.3) is 0 Å². The lowest BCUT2D eigenvalue weighted by Gasteiger charge is -2.27. The number of benzene rings is 1. The molecule has 19 heavy (non-hydrogen) atoms. The summed E-state index contributed by atoms with van der Waals surface area (Å²) < 4.78 is 0. The van der Waals surface area contributed by atoms with E-state index < -0.39 is 5.91 Å². The summed E-state index contributed by atoms with van der Waals surface area (Å²) in [6.45, 7) is 3.03. The maximum absolute atomic E-state index is 12.1. The predicted molar refractivity (Wildman–Crippen MR) is 73.8 cm³/mol. The van der Waals surface area contributed by atoms with E-state index in [9.17, 15) is 9.59 Å².